The molecule has 0 atom stereocenters. The maximum atomic E-state index is 12.5. The molecule has 2 N–H and O–H groups in total. The van der Waals surface area contributed by atoms with E-state index < -0.39 is 0 Å². The minimum Gasteiger partial charge on any atom is -0.372 e. The summed E-state index contributed by atoms with van der Waals surface area (Å²) >= 11 is 0. The lowest BCUT2D eigenvalue weighted by atomic mass is 10.1. The van der Waals surface area contributed by atoms with Gasteiger partial charge in [-0.2, -0.15) is 0 Å². The van der Waals surface area contributed by atoms with Crippen molar-refractivity contribution in [3.63, 3.8) is 0 Å². The van der Waals surface area contributed by atoms with Crippen LogP contribution in [0.1, 0.15) is 35.3 Å². The molecule has 0 bridgehead atoms. The van der Waals surface area contributed by atoms with Crippen LogP contribution in [-0.2, 0) is 0 Å². The SMILES string of the molecule is CCN(CC)c1ccc(NC(=O)c2cnc(Nc3cc(C)ccc3C)nc2)cc1. The Morgan fingerprint density at radius 3 is 2.24 bits per heavy atom. The Hall–Kier alpha value is -3.41. The number of anilines is 4. The maximum absolute atomic E-state index is 12.5. The van der Waals surface area contributed by atoms with Crippen molar-refractivity contribution in [1.29, 1.82) is 0 Å². The Morgan fingerprint density at radius 1 is 0.966 bits per heavy atom. The van der Waals surface area contributed by atoms with Crippen LogP contribution < -0.4 is 15.5 Å². The number of aryl methyl sites for hydroxylation is 2. The van der Waals surface area contributed by atoms with E-state index >= 15 is 0 Å². The molecule has 0 radical (unpaired) electrons. The molecule has 2 aromatic carbocycles. The first-order valence-corrected chi connectivity index (χ1v) is 9.82. The molecule has 6 heteroatoms. The Morgan fingerprint density at radius 2 is 1.62 bits per heavy atom. The molecule has 0 aliphatic rings. The van der Waals surface area contributed by atoms with Crippen molar-refractivity contribution >= 4 is 28.9 Å². The zero-order chi connectivity index (χ0) is 20.8. The fraction of sp³-hybridized carbons (Fsp3) is 0.261. The van der Waals surface area contributed by atoms with E-state index in [2.05, 4.69) is 45.4 Å². The largest absolute Gasteiger partial charge is 0.372 e. The number of hydrogen-bond donors (Lipinski definition) is 2. The number of carbonyl (C=O) groups excluding carboxylic acids is 1. The van der Waals surface area contributed by atoms with Gasteiger partial charge in [0.25, 0.3) is 5.91 Å². The minimum absolute atomic E-state index is 0.237. The normalized spacial score (nSPS) is 10.5. The van der Waals surface area contributed by atoms with Gasteiger partial charge in [-0.05, 0) is 69.2 Å². The predicted molar refractivity (Wildman–Crippen MR) is 119 cm³/mol. The average Bonchev–Trinajstić information content (AvgIpc) is 2.73. The first kappa shape index (κ1) is 20.3. The number of carbonyl (C=O) groups is 1. The van der Waals surface area contributed by atoms with Crippen LogP contribution in [-0.4, -0.2) is 29.0 Å². The van der Waals surface area contributed by atoms with E-state index in [1.807, 2.05) is 50.2 Å². The predicted octanol–water partition coefficient (Wildman–Crippen LogP) is 4.94. The summed E-state index contributed by atoms with van der Waals surface area (Å²) in [5, 5.41) is 6.09. The highest BCUT2D eigenvalue weighted by atomic mass is 16.1. The number of hydrogen-bond acceptors (Lipinski definition) is 5. The Balaban J connectivity index is 1.65. The van der Waals surface area contributed by atoms with Crippen molar-refractivity contribution in [1.82, 2.24) is 9.97 Å². The second-order valence-corrected chi connectivity index (χ2v) is 6.91. The van der Waals surface area contributed by atoms with Gasteiger partial charge < -0.3 is 15.5 Å². The number of aromatic nitrogens is 2. The maximum Gasteiger partial charge on any atom is 0.258 e. The molecule has 1 heterocycles. The average molecular weight is 390 g/mol. The van der Waals surface area contributed by atoms with Crippen molar-refractivity contribution < 1.29 is 4.79 Å². The quantitative estimate of drug-likeness (QED) is 0.599. The fourth-order valence-corrected chi connectivity index (χ4v) is 3.05. The van der Waals surface area contributed by atoms with Crippen LogP contribution in [0.3, 0.4) is 0 Å². The zero-order valence-corrected chi connectivity index (χ0v) is 17.4. The third kappa shape index (κ3) is 5.10. The standard InChI is InChI=1S/C23H27N5O/c1-5-28(6-2)20-11-9-19(10-12-20)26-22(29)18-14-24-23(25-15-18)27-21-13-16(3)7-8-17(21)4/h7-15H,5-6H2,1-4H3,(H,26,29)(H,24,25,27). The number of amides is 1. The highest BCUT2D eigenvalue weighted by molar-refractivity contribution is 6.04. The van der Waals surface area contributed by atoms with E-state index in [0.29, 0.717) is 11.5 Å². The molecule has 0 unspecified atom stereocenters. The lowest BCUT2D eigenvalue weighted by Crippen LogP contribution is -2.21. The van der Waals surface area contributed by atoms with Gasteiger partial charge in [0.05, 0.1) is 5.56 Å². The summed E-state index contributed by atoms with van der Waals surface area (Å²) in [6.45, 7) is 10.2. The molecular formula is C23H27N5O. The van der Waals surface area contributed by atoms with E-state index in [1.165, 1.54) is 12.4 Å². The van der Waals surface area contributed by atoms with Crippen LogP contribution in [0.15, 0.2) is 54.9 Å². The van der Waals surface area contributed by atoms with Crippen molar-refractivity contribution in [2.75, 3.05) is 28.6 Å². The molecule has 6 nitrogen and oxygen atoms in total. The van der Waals surface area contributed by atoms with Crippen LogP contribution in [0.5, 0.6) is 0 Å². The number of benzene rings is 2. The van der Waals surface area contributed by atoms with Crippen LogP contribution in [0.2, 0.25) is 0 Å². The van der Waals surface area contributed by atoms with Gasteiger partial charge in [-0.3, -0.25) is 4.79 Å². The highest BCUT2D eigenvalue weighted by Crippen LogP contribution is 2.20. The van der Waals surface area contributed by atoms with Gasteiger partial charge in [-0.1, -0.05) is 12.1 Å². The van der Waals surface area contributed by atoms with Crippen molar-refractivity contribution in [2.24, 2.45) is 0 Å². The van der Waals surface area contributed by atoms with Gasteiger partial charge in [0.15, 0.2) is 0 Å². The molecule has 0 spiro atoms. The van der Waals surface area contributed by atoms with E-state index in [-0.39, 0.29) is 5.91 Å². The first-order chi connectivity index (χ1) is 14.0. The van der Waals surface area contributed by atoms with Crippen molar-refractivity contribution in [3.05, 3.63) is 71.5 Å². The molecule has 0 saturated carbocycles. The van der Waals surface area contributed by atoms with Crippen LogP contribution in [0.25, 0.3) is 0 Å². The second-order valence-electron chi connectivity index (χ2n) is 6.91. The fourth-order valence-electron chi connectivity index (χ4n) is 3.05. The number of rotatable bonds is 7. The van der Waals surface area contributed by atoms with Gasteiger partial charge in [-0.15, -0.1) is 0 Å². The molecule has 3 aromatic rings. The third-order valence-corrected chi connectivity index (χ3v) is 4.81. The smallest absolute Gasteiger partial charge is 0.258 e. The summed E-state index contributed by atoms with van der Waals surface area (Å²) in [7, 11) is 0. The third-order valence-electron chi connectivity index (χ3n) is 4.81. The zero-order valence-electron chi connectivity index (χ0n) is 17.4. The Kier molecular flexibility index (Phi) is 6.44. The highest BCUT2D eigenvalue weighted by Gasteiger charge is 2.09. The molecule has 0 aliphatic carbocycles. The van der Waals surface area contributed by atoms with Crippen molar-refractivity contribution in [3.8, 4) is 0 Å². The molecule has 0 saturated heterocycles. The van der Waals surface area contributed by atoms with Gasteiger partial charge in [-0.25, -0.2) is 9.97 Å². The number of nitrogens with zero attached hydrogens (tertiary/aromatic N) is 3. The summed E-state index contributed by atoms with van der Waals surface area (Å²) in [5.41, 5.74) is 5.50. The topological polar surface area (TPSA) is 70.2 Å². The molecule has 150 valence electrons. The summed E-state index contributed by atoms with van der Waals surface area (Å²) in [6, 6.07) is 14.0. The molecule has 0 fully saturated rings. The molecule has 1 aromatic heterocycles. The van der Waals surface area contributed by atoms with Gasteiger partial charge >= 0.3 is 0 Å². The molecular weight excluding hydrogens is 362 g/mol. The van der Waals surface area contributed by atoms with Gasteiger partial charge in [0.1, 0.15) is 0 Å². The molecule has 1 amide bonds. The summed E-state index contributed by atoms with van der Waals surface area (Å²) < 4.78 is 0. The van der Waals surface area contributed by atoms with E-state index in [0.717, 1.165) is 41.3 Å². The van der Waals surface area contributed by atoms with E-state index in [1.54, 1.807) is 0 Å². The first-order valence-electron chi connectivity index (χ1n) is 9.82. The van der Waals surface area contributed by atoms with Gasteiger partial charge in [0, 0.05) is 42.5 Å². The monoisotopic (exact) mass is 389 g/mol. The Labute approximate surface area is 172 Å². The Bertz CT molecular complexity index is 964. The lowest BCUT2D eigenvalue weighted by molar-refractivity contribution is 0.102. The summed E-state index contributed by atoms with van der Waals surface area (Å²) in [5.74, 6) is 0.220. The molecule has 0 aliphatic heterocycles. The van der Waals surface area contributed by atoms with E-state index in [4.69, 9.17) is 0 Å². The van der Waals surface area contributed by atoms with Crippen LogP contribution >= 0.6 is 0 Å². The van der Waals surface area contributed by atoms with Crippen LogP contribution in [0, 0.1) is 13.8 Å². The minimum atomic E-state index is -0.237. The van der Waals surface area contributed by atoms with E-state index in [9.17, 15) is 4.79 Å². The van der Waals surface area contributed by atoms with Crippen molar-refractivity contribution in [2.45, 2.75) is 27.7 Å². The molecule has 3 rings (SSSR count). The number of nitrogens with one attached hydrogen (secondary N) is 2. The molecule has 29 heavy (non-hydrogen) atoms. The van der Waals surface area contributed by atoms with Crippen LogP contribution in [0.4, 0.5) is 23.0 Å². The van der Waals surface area contributed by atoms with Gasteiger partial charge in [0.2, 0.25) is 5.95 Å². The summed E-state index contributed by atoms with van der Waals surface area (Å²) in [6.07, 6.45) is 3.06. The second kappa shape index (κ2) is 9.19. The summed E-state index contributed by atoms with van der Waals surface area (Å²) in [4.78, 5) is 23.3. The lowest BCUT2D eigenvalue weighted by Gasteiger charge is -2.21.